The number of nitrogens with two attached hydrogens (primary N) is 1. The zero-order chi connectivity index (χ0) is 12.4. The van der Waals surface area contributed by atoms with Crippen molar-refractivity contribution in [3.8, 4) is 5.75 Å². The van der Waals surface area contributed by atoms with Crippen LogP contribution in [0.2, 0.25) is 0 Å². The Morgan fingerprint density at radius 2 is 2.22 bits per heavy atom. The number of para-hydroxylation sites is 1. The van der Waals surface area contributed by atoms with Gasteiger partial charge in [-0.3, -0.25) is 0 Å². The molecule has 3 heteroatoms. The average Bonchev–Trinajstić information content (AvgIpc) is 2.81. The van der Waals surface area contributed by atoms with E-state index in [2.05, 4.69) is 18.2 Å². The molecule has 2 N–H and O–H groups in total. The Labute approximate surface area is 108 Å². The standard InChI is InChI=1S/C15H21NO2/c16-10-15(6-3-7-17-11-15)9-13-8-12-4-1-2-5-14(12)18-13/h1-2,4-5,13H,3,6-11,16H2. The van der Waals surface area contributed by atoms with E-state index in [4.69, 9.17) is 15.2 Å². The molecule has 2 atom stereocenters. The summed E-state index contributed by atoms with van der Waals surface area (Å²) >= 11 is 0. The molecule has 0 radical (unpaired) electrons. The first kappa shape index (κ1) is 12.0. The van der Waals surface area contributed by atoms with Crippen molar-refractivity contribution in [1.29, 1.82) is 0 Å². The summed E-state index contributed by atoms with van der Waals surface area (Å²) in [5.41, 5.74) is 7.44. The van der Waals surface area contributed by atoms with Crippen molar-refractivity contribution < 1.29 is 9.47 Å². The molecule has 2 aliphatic heterocycles. The molecule has 0 saturated carbocycles. The van der Waals surface area contributed by atoms with Gasteiger partial charge in [-0.05, 0) is 30.9 Å². The first-order valence-electron chi connectivity index (χ1n) is 6.84. The summed E-state index contributed by atoms with van der Waals surface area (Å²) in [7, 11) is 0. The van der Waals surface area contributed by atoms with Crippen LogP contribution in [0.25, 0.3) is 0 Å². The smallest absolute Gasteiger partial charge is 0.123 e. The monoisotopic (exact) mass is 247 g/mol. The first-order chi connectivity index (χ1) is 8.81. The fraction of sp³-hybridized carbons (Fsp3) is 0.600. The summed E-state index contributed by atoms with van der Waals surface area (Å²) < 4.78 is 11.7. The minimum absolute atomic E-state index is 0.130. The second-order valence-corrected chi connectivity index (χ2v) is 5.62. The van der Waals surface area contributed by atoms with Gasteiger partial charge in [-0.25, -0.2) is 0 Å². The number of fused-ring (bicyclic) bond motifs is 1. The van der Waals surface area contributed by atoms with Crippen LogP contribution in [0.3, 0.4) is 0 Å². The summed E-state index contributed by atoms with van der Waals surface area (Å²) in [6, 6.07) is 8.32. The van der Waals surface area contributed by atoms with Crippen molar-refractivity contribution in [1.82, 2.24) is 0 Å². The molecule has 1 aromatic rings. The number of rotatable bonds is 3. The van der Waals surface area contributed by atoms with Crippen LogP contribution in [-0.2, 0) is 11.2 Å². The first-order valence-corrected chi connectivity index (χ1v) is 6.84. The van der Waals surface area contributed by atoms with Gasteiger partial charge in [-0.15, -0.1) is 0 Å². The third-order valence-electron chi connectivity index (χ3n) is 4.21. The summed E-state index contributed by atoms with van der Waals surface area (Å²) in [5, 5.41) is 0. The van der Waals surface area contributed by atoms with Crippen LogP contribution in [0.15, 0.2) is 24.3 Å². The Hall–Kier alpha value is -1.06. The normalized spacial score (nSPS) is 30.8. The zero-order valence-corrected chi connectivity index (χ0v) is 10.7. The van der Waals surface area contributed by atoms with E-state index in [1.54, 1.807) is 0 Å². The maximum atomic E-state index is 6.03. The lowest BCUT2D eigenvalue weighted by Crippen LogP contribution is -2.42. The van der Waals surface area contributed by atoms with Crippen molar-refractivity contribution in [3.63, 3.8) is 0 Å². The van der Waals surface area contributed by atoms with Crippen LogP contribution in [-0.4, -0.2) is 25.9 Å². The van der Waals surface area contributed by atoms with E-state index in [0.29, 0.717) is 6.54 Å². The van der Waals surface area contributed by atoms with Crippen molar-refractivity contribution in [3.05, 3.63) is 29.8 Å². The van der Waals surface area contributed by atoms with Gasteiger partial charge in [0.25, 0.3) is 0 Å². The highest BCUT2D eigenvalue weighted by atomic mass is 16.5. The Morgan fingerprint density at radius 1 is 1.33 bits per heavy atom. The van der Waals surface area contributed by atoms with Gasteiger partial charge in [0.15, 0.2) is 0 Å². The van der Waals surface area contributed by atoms with E-state index in [1.807, 2.05) is 6.07 Å². The highest BCUT2D eigenvalue weighted by Crippen LogP contribution is 2.38. The average molecular weight is 247 g/mol. The molecular formula is C15H21NO2. The van der Waals surface area contributed by atoms with E-state index in [1.165, 1.54) is 12.0 Å². The Morgan fingerprint density at radius 3 is 2.94 bits per heavy atom. The molecule has 2 unspecified atom stereocenters. The summed E-state index contributed by atoms with van der Waals surface area (Å²) in [6.07, 6.45) is 4.58. The van der Waals surface area contributed by atoms with Crippen LogP contribution < -0.4 is 10.5 Å². The van der Waals surface area contributed by atoms with Crippen LogP contribution in [0.1, 0.15) is 24.8 Å². The molecule has 3 nitrogen and oxygen atoms in total. The topological polar surface area (TPSA) is 44.5 Å². The van der Waals surface area contributed by atoms with Crippen LogP contribution in [0, 0.1) is 5.41 Å². The van der Waals surface area contributed by atoms with Crippen molar-refractivity contribution in [2.45, 2.75) is 31.8 Å². The molecule has 0 amide bonds. The molecular weight excluding hydrogens is 226 g/mol. The molecule has 0 bridgehead atoms. The molecule has 2 heterocycles. The van der Waals surface area contributed by atoms with Gasteiger partial charge in [0, 0.05) is 25.0 Å². The molecule has 2 aliphatic rings. The molecule has 18 heavy (non-hydrogen) atoms. The molecule has 0 aromatic heterocycles. The SMILES string of the molecule is NCC1(CC2Cc3ccccc3O2)CCCOC1. The highest BCUT2D eigenvalue weighted by Gasteiger charge is 2.36. The third-order valence-corrected chi connectivity index (χ3v) is 4.21. The maximum absolute atomic E-state index is 6.03. The van der Waals surface area contributed by atoms with E-state index in [9.17, 15) is 0 Å². The third kappa shape index (κ3) is 2.25. The molecule has 1 fully saturated rings. The lowest BCUT2D eigenvalue weighted by atomic mass is 9.77. The van der Waals surface area contributed by atoms with Crippen LogP contribution in [0.5, 0.6) is 5.75 Å². The van der Waals surface area contributed by atoms with E-state index in [-0.39, 0.29) is 11.5 Å². The van der Waals surface area contributed by atoms with Gasteiger partial charge in [-0.1, -0.05) is 18.2 Å². The minimum Gasteiger partial charge on any atom is -0.490 e. The number of benzene rings is 1. The van der Waals surface area contributed by atoms with E-state index >= 15 is 0 Å². The Kier molecular flexibility index (Phi) is 3.27. The largest absolute Gasteiger partial charge is 0.490 e. The van der Waals surface area contributed by atoms with E-state index < -0.39 is 0 Å². The van der Waals surface area contributed by atoms with Gasteiger partial charge in [0.1, 0.15) is 11.9 Å². The van der Waals surface area contributed by atoms with Crippen LogP contribution >= 0.6 is 0 Å². The predicted octanol–water partition coefficient (Wildman–Crippen LogP) is 2.14. The maximum Gasteiger partial charge on any atom is 0.123 e. The molecule has 1 saturated heterocycles. The molecule has 3 rings (SSSR count). The lowest BCUT2D eigenvalue weighted by Gasteiger charge is -2.37. The van der Waals surface area contributed by atoms with Crippen LogP contribution in [0.4, 0.5) is 0 Å². The second kappa shape index (κ2) is 4.90. The predicted molar refractivity (Wildman–Crippen MR) is 70.7 cm³/mol. The zero-order valence-electron chi connectivity index (χ0n) is 10.7. The fourth-order valence-electron chi connectivity index (χ4n) is 3.17. The fourth-order valence-corrected chi connectivity index (χ4v) is 3.17. The number of hydrogen-bond acceptors (Lipinski definition) is 3. The molecule has 0 aliphatic carbocycles. The van der Waals surface area contributed by atoms with Gasteiger partial charge < -0.3 is 15.2 Å². The lowest BCUT2D eigenvalue weighted by molar-refractivity contribution is -0.0235. The Balaban J connectivity index is 1.67. The van der Waals surface area contributed by atoms with Gasteiger partial charge in [0.05, 0.1) is 6.61 Å². The molecule has 98 valence electrons. The van der Waals surface area contributed by atoms with Crippen molar-refractivity contribution >= 4 is 0 Å². The highest BCUT2D eigenvalue weighted by molar-refractivity contribution is 5.37. The quantitative estimate of drug-likeness (QED) is 0.890. The van der Waals surface area contributed by atoms with Gasteiger partial charge >= 0.3 is 0 Å². The second-order valence-electron chi connectivity index (χ2n) is 5.62. The van der Waals surface area contributed by atoms with Gasteiger partial charge in [-0.2, -0.15) is 0 Å². The Bertz CT molecular complexity index is 388. The summed E-state index contributed by atoms with van der Waals surface area (Å²) in [6.45, 7) is 2.37. The number of hydrogen-bond donors (Lipinski definition) is 1. The minimum atomic E-state index is 0.130. The summed E-state index contributed by atoms with van der Waals surface area (Å²) in [4.78, 5) is 0. The van der Waals surface area contributed by atoms with Crippen molar-refractivity contribution in [2.75, 3.05) is 19.8 Å². The summed E-state index contributed by atoms with van der Waals surface area (Å²) in [5.74, 6) is 1.05. The number of ether oxygens (including phenoxy) is 2. The molecule has 0 spiro atoms. The van der Waals surface area contributed by atoms with Gasteiger partial charge in [0.2, 0.25) is 0 Å². The molecule has 1 aromatic carbocycles. The van der Waals surface area contributed by atoms with Crippen molar-refractivity contribution in [2.24, 2.45) is 11.1 Å². The van der Waals surface area contributed by atoms with E-state index in [0.717, 1.165) is 38.2 Å².